The lowest BCUT2D eigenvalue weighted by molar-refractivity contribution is -0.125. The van der Waals surface area contributed by atoms with Gasteiger partial charge in [-0.1, -0.05) is 30.3 Å². The monoisotopic (exact) mass is 406 g/mol. The lowest BCUT2D eigenvalue weighted by Crippen LogP contribution is -2.35. The van der Waals surface area contributed by atoms with E-state index in [-0.39, 0.29) is 18.2 Å². The van der Waals surface area contributed by atoms with Gasteiger partial charge in [-0.2, -0.15) is 5.10 Å². The molecule has 0 saturated carbocycles. The molecule has 0 fully saturated rings. The van der Waals surface area contributed by atoms with Crippen LogP contribution in [-0.4, -0.2) is 35.8 Å². The summed E-state index contributed by atoms with van der Waals surface area (Å²) in [6.45, 7) is 1.88. The summed E-state index contributed by atoms with van der Waals surface area (Å²) in [5.74, 6) is 1.06. The van der Waals surface area contributed by atoms with Crippen molar-refractivity contribution >= 4 is 23.3 Å². The zero-order valence-electron chi connectivity index (χ0n) is 16.9. The van der Waals surface area contributed by atoms with Gasteiger partial charge in [-0.3, -0.25) is 9.59 Å². The number of benzene rings is 2. The van der Waals surface area contributed by atoms with Crippen LogP contribution in [0.3, 0.4) is 0 Å². The average molecular weight is 406 g/mol. The normalized spacial score (nSPS) is 15.2. The molecule has 0 aliphatic carbocycles. The van der Waals surface area contributed by atoms with Gasteiger partial charge in [-0.05, 0) is 6.92 Å². The van der Waals surface area contributed by atoms with Crippen molar-refractivity contribution in [1.82, 2.24) is 9.78 Å². The molecule has 0 radical (unpaired) electrons. The maximum Gasteiger partial charge on any atom is 0.249 e. The van der Waals surface area contributed by atoms with Gasteiger partial charge < -0.3 is 20.1 Å². The molecule has 1 aliphatic heterocycles. The van der Waals surface area contributed by atoms with Crippen molar-refractivity contribution in [3.8, 4) is 22.8 Å². The topological polar surface area (TPSA) is 94.5 Å². The second-order valence-corrected chi connectivity index (χ2v) is 6.99. The van der Waals surface area contributed by atoms with Crippen LogP contribution >= 0.6 is 0 Å². The first-order valence-electron chi connectivity index (χ1n) is 9.48. The number of anilines is 2. The number of carbonyl (C=O) groups excluding carboxylic acids is 2. The van der Waals surface area contributed by atoms with Gasteiger partial charge in [0.2, 0.25) is 11.8 Å². The third-order valence-corrected chi connectivity index (χ3v) is 5.05. The third kappa shape index (κ3) is 3.59. The Hall–Kier alpha value is -3.81. The number of carbonyl (C=O) groups is 2. The van der Waals surface area contributed by atoms with Crippen LogP contribution in [0.2, 0.25) is 0 Å². The van der Waals surface area contributed by atoms with Gasteiger partial charge in [0.1, 0.15) is 23.4 Å². The highest BCUT2D eigenvalue weighted by atomic mass is 16.5. The van der Waals surface area contributed by atoms with Gasteiger partial charge in [-0.15, -0.1) is 0 Å². The van der Waals surface area contributed by atoms with Crippen LogP contribution < -0.4 is 20.1 Å². The minimum absolute atomic E-state index is 0.00468. The molecule has 1 unspecified atom stereocenters. The Morgan fingerprint density at radius 3 is 2.43 bits per heavy atom. The van der Waals surface area contributed by atoms with Crippen LogP contribution in [0.5, 0.6) is 11.5 Å². The highest BCUT2D eigenvalue weighted by Crippen LogP contribution is 2.35. The lowest BCUT2D eigenvalue weighted by Gasteiger charge is -2.24. The molecule has 154 valence electrons. The molecule has 1 atom stereocenters. The van der Waals surface area contributed by atoms with E-state index in [0.29, 0.717) is 23.0 Å². The van der Waals surface area contributed by atoms with E-state index in [1.54, 1.807) is 22.9 Å². The zero-order chi connectivity index (χ0) is 21.3. The number of fused-ring (bicyclic) bond motifs is 1. The molecule has 1 aliphatic rings. The number of ether oxygens (including phenoxy) is 2. The molecular formula is C22H22N4O4. The highest BCUT2D eigenvalue weighted by Gasteiger charge is 2.34. The molecule has 8 nitrogen and oxygen atoms in total. The Morgan fingerprint density at radius 1 is 1.13 bits per heavy atom. The molecule has 2 amide bonds. The van der Waals surface area contributed by atoms with Gasteiger partial charge in [0.05, 0.1) is 26.3 Å². The van der Waals surface area contributed by atoms with E-state index in [0.717, 1.165) is 16.8 Å². The van der Waals surface area contributed by atoms with Crippen LogP contribution in [0.4, 0.5) is 11.5 Å². The van der Waals surface area contributed by atoms with Crippen LogP contribution in [0.15, 0.2) is 48.5 Å². The van der Waals surface area contributed by atoms with Crippen molar-refractivity contribution in [2.24, 2.45) is 0 Å². The number of rotatable bonds is 5. The number of hydrogen-bond donors (Lipinski definition) is 2. The summed E-state index contributed by atoms with van der Waals surface area (Å²) >= 11 is 0. The van der Waals surface area contributed by atoms with Crippen molar-refractivity contribution < 1.29 is 19.1 Å². The second kappa shape index (κ2) is 7.90. The number of aromatic nitrogens is 2. The van der Waals surface area contributed by atoms with Crippen molar-refractivity contribution in [2.75, 3.05) is 24.9 Å². The molecule has 2 N–H and O–H groups in total. The Morgan fingerprint density at radius 2 is 1.80 bits per heavy atom. The zero-order valence-corrected chi connectivity index (χ0v) is 16.9. The van der Waals surface area contributed by atoms with Crippen molar-refractivity contribution in [3.05, 3.63) is 54.1 Å². The SMILES string of the molecule is COc1cc(NC(=O)C2CC(=O)Nc3c(C)c(-c4ccccc4)nn32)cc(OC)c1. The number of amides is 2. The number of methoxy groups -OCH3 is 2. The standard InChI is InChI=1S/C22H22N4O4/c1-13-20(14-7-5-4-6-8-14)25-26-18(12-19(27)24-21(13)26)22(28)23-15-9-16(29-2)11-17(10-15)30-3/h4-11,18H,12H2,1-3H3,(H,23,28)(H,24,27). The van der Waals surface area contributed by atoms with E-state index in [4.69, 9.17) is 9.47 Å². The molecule has 2 aromatic carbocycles. The maximum absolute atomic E-state index is 13.1. The van der Waals surface area contributed by atoms with Crippen LogP contribution in [0, 0.1) is 6.92 Å². The molecule has 4 rings (SSSR count). The fourth-order valence-electron chi connectivity index (χ4n) is 3.52. The Balaban J connectivity index is 1.68. The summed E-state index contributed by atoms with van der Waals surface area (Å²) in [5.41, 5.74) is 2.97. The quantitative estimate of drug-likeness (QED) is 0.677. The molecule has 30 heavy (non-hydrogen) atoms. The van der Waals surface area contributed by atoms with E-state index < -0.39 is 6.04 Å². The fourth-order valence-corrected chi connectivity index (χ4v) is 3.52. The summed E-state index contributed by atoms with van der Waals surface area (Å²) in [6.07, 6.45) is -0.00468. The Kier molecular flexibility index (Phi) is 5.14. The summed E-state index contributed by atoms with van der Waals surface area (Å²) in [6, 6.07) is 14.0. The first-order valence-corrected chi connectivity index (χ1v) is 9.48. The van der Waals surface area contributed by atoms with Crippen molar-refractivity contribution in [1.29, 1.82) is 0 Å². The molecule has 3 aromatic rings. The molecular weight excluding hydrogens is 384 g/mol. The highest BCUT2D eigenvalue weighted by molar-refractivity contribution is 6.02. The Bertz CT molecular complexity index is 1090. The molecule has 1 aromatic heterocycles. The summed E-state index contributed by atoms with van der Waals surface area (Å²) in [5, 5.41) is 10.4. The molecule has 2 heterocycles. The number of nitrogens with zero attached hydrogens (tertiary/aromatic N) is 2. The number of nitrogens with one attached hydrogen (secondary N) is 2. The fraction of sp³-hybridized carbons (Fsp3) is 0.227. The van der Waals surface area contributed by atoms with Gasteiger partial charge in [0, 0.05) is 35.0 Å². The lowest BCUT2D eigenvalue weighted by atomic mass is 10.1. The van der Waals surface area contributed by atoms with E-state index >= 15 is 0 Å². The second-order valence-electron chi connectivity index (χ2n) is 6.99. The number of hydrogen-bond acceptors (Lipinski definition) is 5. The minimum Gasteiger partial charge on any atom is -0.497 e. The van der Waals surface area contributed by atoms with E-state index in [1.807, 2.05) is 37.3 Å². The van der Waals surface area contributed by atoms with Gasteiger partial charge in [-0.25, -0.2) is 4.68 Å². The summed E-state index contributed by atoms with van der Waals surface area (Å²) < 4.78 is 12.1. The summed E-state index contributed by atoms with van der Waals surface area (Å²) in [4.78, 5) is 25.4. The largest absolute Gasteiger partial charge is 0.497 e. The smallest absolute Gasteiger partial charge is 0.249 e. The van der Waals surface area contributed by atoms with Crippen molar-refractivity contribution in [3.63, 3.8) is 0 Å². The molecule has 0 bridgehead atoms. The third-order valence-electron chi connectivity index (χ3n) is 5.05. The maximum atomic E-state index is 13.1. The van der Waals surface area contributed by atoms with E-state index in [1.165, 1.54) is 14.2 Å². The predicted molar refractivity (Wildman–Crippen MR) is 113 cm³/mol. The Labute approximate surface area is 173 Å². The predicted octanol–water partition coefficient (Wildman–Crippen LogP) is 3.40. The molecule has 0 saturated heterocycles. The van der Waals surface area contributed by atoms with Gasteiger partial charge in [0.25, 0.3) is 0 Å². The first-order chi connectivity index (χ1) is 14.5. The molecule has 0 spiro atoms. The van der Waals surface area contributed by atoms with E-state index in [2.05, 4.69) is 15.7 Å². The molecule has 8 heteroatoms. The van der Waals surface area contributed by atoms with Crippen molar-refractivity contribution in [2.45, 2.75) is 19.4 Å². The summed E-state index contributed by atoms with van der Waals surface area (Å²) in [7, 11) is 3.07. The van der Waals surface area contributed by atoms with Crippen LogP contribution in [0.25, 0.3) is 11.3 Å². The minimum atomic E-state index is -0.776. The first kappa shape index (κ1) is 19.5. The van der Waals surface area contributed by atoms with E-state index in [9.17, 15) is 9.59 Å². The average Bonchev–Trinajstić information content (AvgIpc) is 3.09. The van der Waals surface area contributed by atoms with Crippen LogP contribution in [0.1, 0.15) is 18.0 Å². The van der Waals surface area contributed by atoms with Crippen LogP contribution in [-0.2, 0) is 9.59 Å². The van der Waals surface area contributed by atoms with Gasteiger partial charge >= 0.3 is 0 Å². The van der Waals surface area contributed by atoms with Gasteiger partial charge in [0.15, 0.2) is 0 Å².